The first-order valence-electron chi connectivity index (χ1n) is 17.3. The molecular weight excluding hydrogens is 814 g/mol. The van der Waals surface area contributed by atoms with E-state index in [9.17, 15) is 34.2 Å². The summed E-state index contributed by atoms with van der Waals surface area (Å²) in [6, 6.07) is 15.1. The third kappa shape index (κ3) is 12.2. The summed E-state index contributed by atoms with van der Waals surface area (Å²) in [5.41, 5.74) is 1.80. The summed E-state index contributed by atoms with van der Waals surface area (Å²) in [6.07, 6.45) is -0.650. The number of carbonyl (C=O) groups excluding carboxylic acids is 2. The van der Waals surface area contributed by atoms with Gasteiger partial charge < -0.3 is 29.1 Å². The van der Waals surface area contributed by atoms with Gasteiger partial charge in [-0.2, -0.15) is 0 Å². The molecule has 3 aromatic rings. The Morgan fingerprint density at radius 1 is 0.667 bits per heavy atom. The lowest BCUT2D eigenvalue weighted by atomic mass is 10.1. The zero-order chi connectivity index (χ0) is 39.8. The highest BCUT2D eigenvalue weighted by atomic mass is 127. The molecule has 0 radical (unpaired) electrons. The van der Waals surface area contributed by atoms with Gasteiger partial charge in [-0.05, 0) is 101 Å². The second-order valence-corrected chi connectivity index (χ2v) is 15.7. The number of rotatable bonds is 4. The van der Waals surface area contributed by atoms with Gasteiger partial charge >= 0.3 is 12.2 Å². The molecular formula is C38H44FIN6O8. The predicted octanol–water partition coefficient (Wildman–Crippen LogP) is 7.45. The van der Waals surface area contributed by atoms with Crippen molar-refractivity contribution in [3.8, 4) is 11.8 Å². The van der Waals surface area contributed by atoms with Crippen LogP contribution < -0.4 is 9.80 Å². The second kappa shape index (κ2) is 17.8. The lowest BCUT2D eigenvalue weighted by Crippen LogP contribution is -2.50. The highest BCUT2D eigenvalue weighted by Crippen LogP contribution is 2.29. The highest BCUT2D eigenvalue weighted by molar-refractivity contribution is 14.1. The number of anilines is 2. The van der Waals surface area contributed by atoms with E-state index in [0.29, 0.717) is 63.5 Å². The molecule has 0 bridgehead atoms. The van der Waals surface area contributed by atoms with Crippen molar-refractivity contribution in [1.29, 1.82) is 0 Å². The smallest absolute Gasteiger partial charge is 0.410 e. The van der Waals surface area contributed by atoms with Crippen molar-refractivity contribution in [2.45, 2.75) is 52.7 Å². The number of amides is 2. The van der Waals surface area contributed by atoms with Crippen molar-refractivity contribution in [1.82, 2.24) is 9.80 Å². The Labute approximate surface area is 327 Å². The largest absolute Gasteiger partial charge is 0.444 e. The van der Waals surface area contributed by atoms with Crippen LogP contribution >= 0.6 is 22.6 Å². The van der Waals surface area contributed by atoms with E-state index in [2.05, 4.69) is 39.3 Å². The third-order valence-electron chi connectivity index (χ3n) is 8.06. The number of hydrogen-bond donors (Lipinski definition) is 0. The fourth-order valence-corrected chi connectivity index (χ4v) is 6.30. The summed E-state index contributed by atoms with van der Waals surface area (Å²) < 4.78 is 24.7. The lowest BCUT2D eigenvalue weighted by Gasteiger charge is -2.37. The van der Waals surface area contributed by atoms with Gasteiger partial charge in [-0.25, -0.2) is 14.0 Å². The number of ether oxygens (including phenoxy) is 2. The highest BCUT2D eigenvalue weighted by Gasteiger charge is 2.28. The number of halogens is 2. The van der Waals surface area contributed by atoms with E-state index in [-0.39, 0.29) is 29.4 Å². The average molecular weight is 859 g/mol. The Bertz CT molecular complexity index is 1900. The molecule has 0 aliphatic carbocycles. The number of piperazine rings is 2. The van der Waals surface area contributed by atoms with Gasteiger partial charge in [0.2, 0.25) is 0 Å². The molecule has 2 fully saturated rings. The molecule has 0 spiro atoms. The van der Waals surface area contributed by atoms with Gasteiger partial charge in [0.05, 0.1) is 26.8 Å². The Kier molecular flexibility index (Phi) is 13.7. The molecule has 16 heteroatoms. The first kappa shape index (κ1) is 41.6. The molecule has 0 atom stereocenters. The van der Waals surface area contributed by atoms with Gasteiger partial charge in [0.25, 0.3) is 11.4 Å². The number of hydrogen-bond acceptors (Lipinski definition) is 10. The van der Waals surface area contributed by atoms with E-state index in [1.165, 1.54) is 30.3 Å². The van der Waals surface area contributed by atoms with Crippen LogP contribution in [0.4, 0.5) is 36.7 Å². The molecule has 5 rings (SSSR count). The third-order valence-corrected chi connectivity index (χ3v) is 8.93. The summed E-state index contributed by atoms with van der Waals surface area (Å²) in [4.78, 5) is 53.0. The summed E-state index contributed by atoms with van der Waals surface area (Å²) in [7, 11) is 0. The first-order chi connectivity index (χ1) is 25.3. The van der Waals surface area contributed by atoms with Gasteiger partial charge in [-0.3, -0.25) is 20.2 Å². The number of nitrogens with zero attached hydrogens (tertiary/aromatic N) is 6. The SMILES string of the molecule is CC(C)(C)OC(=O)N1CCN(c2ccc([N+](=O)[O-])cc2C#Cc2ccc(F)cc2)CC1.CC(C)(C)OC(=O)N1CCN(c2ccc([N+](=O)[O-])cc2I)CC1. The number of carbonyl (C=O) groups is 2. The van der Waals surface area contributed by atoms with Crippen molar-refractivity contribution in [2.24, 2.45) is 0 Å². The normalized spacial score (nSPS) is 14.6. The maximum absolute atomic E-state index is 13.1. The van der Waals surface area contributed by atoms with E-state index in [1.807, 2.05) is 46.4 Å². The van der Waals surface area contributed by atoms with Crippen LogP contribution in [0.25, 0.3) is 0 Å². The van der Waals surface area contributed by atoms with Crippen LogP contribution in [0.2, 0.25) is 0 Å². The van der Waals surface area contributed by atoms with Crippen molar-refractivity contribution < 1.29 is 33.3 Å². The van der Waals surface area contributed by atoms with E-state index >= 15 is 0 Å². The zero-order valence-corrected chi connectivity index (χ0v) is 33.3. The number of non-ortho nitro benzene ring substituents is 2. The number of nitro benzene ring substituents is 2. The molecule has 3 aromatic carbocycles. The molecule has 0 aromatic heterocycles. The second-order valence-electron chi connectivity index (χ2n) is 14.5. The minimum absolute atomic E-state index is 0.0560. The molecule has 2 saturated heterocycles. The van der Waals surface area contributed by atoms with Crippen LogP contribution in [-0.4, -0.2) is 95.4 Å². The molecule has 288 valence electrons. The van der Waals surface area contributed by atoms with Crippen LogP contribution in [-0.2, 0) is 9.47 Å². The Morgan fingerprint density at radius 3 is 1.52 bits per heavy atom. The van der Waals surface area contributed by atoms with Crippen LogP contribution in [0.3, 0.4) is 0 Å². The quantitative estimate of drug-likeness (QED) is 0.112. The van der Waals surface area contributed by atoms with Crippen molar-refractivity contribution >= 4 is 57.5 Å². The van der Waals surface area contributed by atoms with E-state index in [1.54, 1.807) is 40.1 Å². The van der Waals surface area contributed by atoms with Crippen LogP contribution in [0.1, 0.15) is 52.7 Å². The fourth-order valence-electron chi connectivity index (χ4n) is 5.46. The number of benzene rings is 3. The number of nitro groups is 2. The Hall–Kier alpha value is -5.18. The summed E-state index contributed by atoms with van der Waals surface area (Å²) in [5.74, 6) is 5.56. The molecule has 14 nitrogen and oxygen atoms in total. The molecule has 54 heavy (non-hydrogen) atoms. The molecule has 0 unspecified atom stereocenters. The topological polar surface area (TPSA) is 152 Å². The maximum Gasteiger partial charge on any atom is 0.410 e. The average Bonchev–Trinajstić information content (AvgIpc) is 3.10. The molecule has 2 aliphatic heterocycles. The predicted molar refractivity (Wildman–Crippen MR) is 211 cm³/mol. The molecule has 2 aliphatic rings. The van der Waals surface area contributed by atoms with Gasteiger partial charge in [0.15, 0.2) is 0 Å². The zero-order valence-electron chi connectivity index (χ0n) is 31.1. The van der Waals surface area contributed by atoms with E-state index in [0.717, 1.165) is 14.9 Å². The minimum atomic E-state index is -0.560. The van der Waals surface area contributed by atoms with E-state index in [4.69, 9.17) is 9.47 Å². The van der Waals surface area contributed by atoms with Crippen molar-refractivity contribution in [3.63, 3.8) is 0 Å². The lowest BCUT2D eigenvalue weighted by molar-refractivity contribution is -0.385. The summed E-state index contributed by atoms with van der Waals surface area (Å²) >= 11 is 2.11. The molecule has 2 amide bonds. The maximum atomic E-state index is 13.1. The van der Waals surface area contributed by atoms with Gasteiger partial charge in [0, 0.05) is 85.8 Å². The Morgan fingerprint density at radius 2 is 1.09 bits per heavy atom. The fraction of sp³-hybridized carbons (Fsp3) is 0.421. The van der Waals surface area contributed by atoms with Crippen LogP contribution in [0, 0.1) is 41.5 Å². The Balaban J connectivity index is 0.000000252. The van der Waals surface area contributed by atoms with Crippen molar-refractivity contribution in [2.75, 3.05) is 62.2 Å². The monoisotopic (exact) mass is 858 g/mol. The van der Waals surface area contributed by atoms with Gasteiger partial charge in [-0.15, -0.1) is 0 Å². The molecule has 2 heterocycles. The standard InChI is InChI=1S/C23H24FN3O4.C15H20IN3O4/c1-23(2,3)31-22(28)26-14-12-25(13-15-26)21-11-10-20(27(29)30)16-18(21)7-4-17-5-8-19(24)9-6-17;1-15(2,3)23-14(20)18-8-6-17(7-9-18)13-5-4-11(19(21)22)10-12(13)16/h5-6,8-11,16H,12-15H2,1-3H3;4-5,10H,6-9H2,1-3H3. The summed E-state index contributed by atoms with van der Waals surface area (Å²) in [6.45, 7) is 15.5. The van der Waals surface area contributed by atoms with Gasteiger partial charge in [0.1, 0.15) is 17.0 Å². The minimum Gasteiger partial charge on any atom is -0.444 e. The van der Waals surface area contributed by atoms with E-state index < -0.39 is 21.0 Å². The summed E-state index contributed by atoms with van der Waals surface area (Å²) in [5, 5.41) is 22.0. The first-order valence-corrected chi connectivity index (χ1v) is 18.3. The van der Waals surface area contributed by atoms with Crippen LogP contribution in [0.15, 0.2) is 60.7 Å². The molecule has 0 saturated carbocycles. The van der Waals surface area contributed by atoms with Gasteiger partial charge in [-0.1, -0.05) is 11.8 Å². The molecule has 0 N–H and O–H groups in total. The van der Waals surface area contributed by atoms with Crippen molar-refractivity contribution in [3.05, 3.63) is 101 Å². The van der Waals surface area contributed by atoms with Crippen LogP contribution in [0.5, 0.6) is 0 Å².